The Balaban J connectivity index is 2.22. The van der Waals surface area contributed by atoms with Gasteiger partial charge in [0.1, 0.15) is 0 Å². The zero-order valence-corrected chi connectivity index (χ0v) is 12.4. The van der Waals surface area contributed by atoms with Crippen LogP contribution in [0.2, 0.25) is 0 Å². The van der Waals surface area contributed by atoms with E-state index < -0.39 is 9.84 Å². The Labute approximate surface area is 119 Å². The van der Waals surface area contributed by atoms with Crippen molar-refractivity contribution in [1.29, 1.82) is 0 Å². The Morgan fingerprint density at radius 3 is 2.65 bits per heavy atom. The molecule has 2 aromatic rings. The highest BCUT2D eigenvalue weighted by molar-refractivity contribution is 7.91. The van der Waals surface area contributed by atoms with Crippen LogP contribution in [0.15, 0.2) is 47.6 Å². The van der Waals surface area contributed by atoms with E-state index in [1.165, 1.54) is 0 Å². The first-order valence-electron chi connectivity index (χ1n) is 6.49. The Kier molecular flexibility index (Phi) is 4.39. The lowest BCUT2D eigenvalue weighted by Gasteiger charge is -2.12. The summed E-state index contributed by atoms with van der Waals surface area (Å²) in [6.45, 7) is 4.17. The highest BCUT2D eigenvalue weighted by Gasteiger charge is 2.15. The summed E-state index contributed by atoms with van der Waals surface area (Å²) >= 11 is 0. The molecule has 0 spiro atoms. The van der Waals surface area contributed by atoms with Gasteiger partial charge in [0.05, 0.1) is 16.3 Å². The van der Waals surface area contributed by atoms with Crippen molar-refractivity contribution in [1.82, 2.24) is 4.98 Å². The fraction of sp³-hybridized carbons (Fsp3) is 0.267. The summed E-state index contributed by atoms with van der Waals surface area (Å²) in [6.07, 6.45) is 3.57. The van der Waals surface area contributed by atoms with Crippen molar-refractivity contribution in [3.05, 3.63) is 53.9 Å². The quantitative estimate of drug-likeness (QED) is 0.920. The number of hydrogen-bond acceptors (Lipinski definition) is 4. The third-order valence-corrected chi connectivity index (χ3v) is 4.80. The van der Waals surface area contributed by atoms with Crippen molar-refractivity contribution in [2.75, 3.05) is 11.1 Å². The molecule has 1 N–H and O–H groups in total. The van der Waals surface area contributed by atoms with Gasteiger partial charge >= 0.3 is 0 Å². The fourth-order valence-electron chi connectivity index (χ4n) is 1.95. The number of sulfone groups is 1. The van der Waals surface area contributed by atoms with Crippen molar-refractivity contribution in [3.8, 4) is 0 Å². The molecule has 0 aliphatic carbocycles. The lowest BCUT2D eigenvalue weighted by molar-refractivity contribution is 0.597. The number of rotatable bonds is 5. The Hall–Kier alpha value is -1.88. The second-order valence-electron chi connectivity index (χ2n) is 4.62. The van der Waals surface area contributed by atoms with Crippen molar-refractivity contribution in [3.63, 3.8) is 0 Å². The number of pyridine rings is 1. The molecule has 1 heterocycles. The minimum absolute atomic E-state index is 0.0949. The van der Waals surface area contributed by atoms with Gasteiger partial charge < -0.3 is 5.32 Å². The SMILES string of the molecule is CCS(=O)(=O)c1ccccc1NCc1cncc(C)c1. The van der Waals surface area contributed by atoms with Gasteiger partial charge in [-0.2, -0.15) is 0 Å². The van der Waals surface area contributed by atoms with Crippen LogP contribution in [0.5, 0.6) is 0 Å². The summed E-state index contributed by atoms with van der Waals surface area (Å²) in [5.74, 6) is 0.0949. The van der Waals surface area contributed by atoms with Gasteiger partial charge in [-0.15, -0.1) is 0 Å². The number of benzene rings is 1. The van der Waals surface area contributed by atoms with E-state index in [0.717, 1.165) is 11.1 Å². The van der Waals surface area contributed by atoms with E-state index in [1.54, 1.807) is 37.5 Å². The monoisotopic (exact) mass is 290 g/mol. The molecule has 0 fully saturated rings. The standard InChI is InChI=1S/C15H18N2O2S/c1-3-20(18,19)15-7-5-4-6-14(15)17-11-13-8-12(2)9-16-10-13/h4-10,17H,3,11H2,1-2H3. The van der Waals surface area contributed by atoms with Gasteiger partial charge in [-0.1, -0.05) is 25.1 Å². The first-order chi connectivity index (χ1) is 9.53. The lowest BCUT2D eigenvalue weighted by atomic mass is 10.2. The maximum atomic E-state index is 12.0. The molecule has 5 heteroatoms. The molecule has 1 aromatic heterocycles. The number of hydrogen-bond donors (Lipinski definition) is 1. The number of para-hydroxylation sites is 1. The molecule has 0 saturated heterocycles. The average molecular weight is 290 g/mol. The largest absolute Gasteiger partial charge is 0.380 e. The number of aromatic nitrogens is 1. The third kappa shape index (κ3) is 3.36. The number of nitrogens with one attached hydrogen (secondary N) is 1. The smallest absolute Gasteiger partial charge is 0.180 e. The molecule has 0 amide bonds. The molecule has 2 rings (SSSR count). The Bertz CT molecular complexity index is 697. The number of nitrogens with zero attached hydrogens (tertiary/aromatic N) is 1. The first-order valence-corrected chi connectivity index (χ1v) is 8.14. The molecule has 1 aromatic carbocycles. The number of aryl methyl sites for hydroxylation is 1. The van der Waals surface area contributed by atoms with Crippen LogP contribution in [-0.2, 0) is 16.4 Å². The predicted octanol–water partition coefficient (Wildman–Crippen LogP) is 2.80. The van der Waals surface area contributed by atoms with E-state index in [0.29, 0.717) is 17.1 Å². The highest BCUT2D eigenvalue weighted by Crippen LogP contribution is 2.22. The van der Waals surface area contributed by atoms with Crippen LogP contribution in [0.1, 0.15) is 18.1 Å². The Morgan fingerprint density at radius 1 is 1.20 bits per heavy atom. The van der Waals surface area contributed by atoms with E-state index in [4.69, 9.17) is 0 Å². The van der Waals surface area contributed by atoms with Gasteiger partial charge in [0.25, 0.3) is 0 Å². The normalized spacial score (nSPS) is 11.3. The minimum Gasteiger partial charge on any atom is -0.380 e. The van der Waals surface area contributed by atoms with Crippen LogP contribution in [0, 0.1) is 6.92 Å². The second kappa shape index (κ2) is 6.05. The average Bonchev–Trinajstić information content (AvgIpc) is 2.45. The summed E-state index contributed by atoms with van der Waals surface area (Å²) in [5.41, 5.74) is 2.74. The van der Waals surface area contributed by atoms with Crippen molar-refractivity contribution < 1.29 is 8.42 Å². The van der Waals surface area contributed by atoms with E-state index >= 15 is 0 Å². The van der Waals surface area contributed by atoms with Crippen molar-refractivity contribution >= 4 is 15.5 Å². The van der Waals surface area contributed by atoms with Crippen molar-refractivity contribution in [2.45, 2.75) is 25.3 Å². The molecule has 20 heavy (non-hydrogen) atoms. The van der Waals surface area contributed by atoms with Gasteiger partial charge in [0.2, 0.25) is 0 Å². The maximum absolute atomic E-state index is 12.0. The zero-order chi connectivity index (χ0) is 14.6. The van der Waals surface area contributed by atoms with Crippen LogP contribution in [0.4, 0.5) is 5.69 Å². The van der Waals surface area contributed by atoms with Gasteiger partial charge in [0, 0.05) is 18.9 Å². The van der Waals surface area contributed by atoms with E-state index in [2.05, 4.69) is 10.3 Å². The van der Waals surface area contributed by atoms with Gasteiger partial charge in [-0.3, -0.25) is 4.98 Å². The summed E-state index contributed by atoms with van der Waals surface area (Å²) in [7, 11) is -3.22. The van der Waals surface area contributed by atoms with Gasteiger partial charge in [0.15, 0.2) is 9.84 Å². The van der Waals surface area contributed by atoms with Gasteiger partial charge in [-0.05, 0) is 30.2 Å². The molecule has 0 aliphatic rings. The zero-order valence-electron chi connectivity index (χ0n) is 11.6. The highest BCUT2D eigenvalue weighted by atomic mass is 32.2. The summed E-state index contributed by atoms with van der Waals surface area (Å²) in [4.78, 5) is 4.48. The van der Waals surface area contributed by atoms with Crippen LogP contribution >= 0.6 is 0 Å². The molecule has 0 aliphatic heterocycles. The van der Waals surface area contributed by atoms with E-state index in [1.807, 2.05) is 19.1 Å². The third-order valence-electron chi connectivity index (χ3n) is 3.02. The molecule has 0 unspecified atom stereocenters. The topological polar surface area (TPSA) is 59.1 Å². The minimum atomic E-state index is -3.22. The molecule has 0 radical (unpaired) electrons. The fourth-order valence-corrected chi connectivity index (χ4v) is 3.02. The lowest BCUT2D eigenvalue weighted by Crippen LogP contribution is -2.09. The molecular formula is C15H18N2O2S. The van der Waals surface area contributed by atoms with E-state index in [-0.39, 0.29) is 5.75 Å². The second-order valence-corrected chi connectivity index (χ2v) is 6.87. The van der Waals surface area contributed by atoms with Crippen LogP contribution in [-0.4, -0.2) is 19.2 Å². The first kappa shape index (κ1) is 14.5. The van der Waals surface area contributed by atoms with E-state index in [9.17, 15) is 8.42 Å². The molecule has 106 valence electrons. The van der Waals surface area contributed by atoms with Crippen LogP contribution in [0.25, 0.3) is 0 Å². The number of anilines is 1. The van der Waals surface area contributed by atoms with Crippen LogP contribution in [0.3, 0.4) is 0 Å². The summed E-state index contributed by atoms with van der Waals surface area (Å²) in [6, 6.07) is 9.01. The predicted molar refractivity (Wildman–Crippen MR) is 80.5 cm³/mol. The van der Waals surface area contributed by atoms with Crippen LogP contribution < -0.4 is 5.32 Å². The van der Waals surface area contributed by atoms with Gasteiger partial charge in [-0.25, -0.2) is 8.42 Å². The maximum Gasteiger partial charge on any atom is 0.180 e. The van der Waals surface area contributed by atoms with Crippen molar-refractivity contribution in [2.24, 2.45) is 0 Å². The summed E-state index contributed by atoms with van der Waals surface area (Å²) < 4.78 is 24.1. The molecule has 0 bridgehead atoms. The molecular weight excluding hydrogens is 272 g/mol. The molecule has 0 atom stereocenters. The molecule has 0 saturated carbocycles. The molecule has 4 nitrogen and oxygen atoms in total. The summed E-state index contributed by atoms with van der Waals surface area (Å²) in [5, 5.41) is 3.18. The Morgan fingerprint density at radius 2 is 1.95 bits per heavy atom.